The summed E-state index contributed by atoms with van der Waals surface area (Å²) in [6.45, 7) is -3.59. The van der Waals surface area contributed by atoms with Gasteiger partial charge < -0.3 is 14.1 Å². The number of rotatable bonds is 14. The Hall–Kier alpha value is -1.38. The van der Waals surface area contributed by atoms with Crippen LogP contribution in [0.2, 0.25) is 0 Å². The molecule has 0 heterocycles. The van der Waals surface area contributed by atoms with Crippen molar-refractivity contribution < 1.29 is 75.3 Å². The molecule has 1 N–H and O–H groups in total. The maximum atomic E-state index is 14.0. The van der Waals surface area contributed by atoms with Crippen LogP contribution in [0.4, 0.5) is 39.5 Å². The van der Waals surface area contributed by atoms with Crippen molar-refractivity contribution in [2.24, 2.45) is 0 Å². The Labute approximate surface area is 188 Å². The number of carboxylic acids is 1. The fourth-order valence-electron chi connectivity index (χ4n) is 2.58. The Morgan fingerprint density at radius 3 is 1.71 bits per heavy atom. The van der Waals surface area contributed by atoms with Crippen LogP contribution < -0.4 is 0 Å². The minimum Gasteiger partial charge on any atom is -0.748 e. The maximum Gasteiger partial charge on any atom is 0.460 e. The molecule has 20 heteroatoms. The molecule has 0 atom stereocenters. The van der Waals surface area contributed by atoms with E-state index in [1.54, 1.807) is 0 Å². The predicted octanol–water partition coefficient (Wildman–Crippen LogP) is 1.53. The average molecular weight is 564 g/mol. The number of quaternary nitrogens is 1. The van der Waals surface area contributed by atoms with Crippen molar-refractivity contribution in [3.8, 4) is 0 Å². The van der Waals surface area contributed by atoms with E-state index in [1.807, 2.05) is 0 Å². The monoisotopic (exact) mass is 564 g/mol. The third-order valence-corrected chi connectivity index (χ3v) is 7.10. The second kappa shape index (κ2) is 10.3. The van der Waals surface area contributed by atoms with Crippen LogP contribution >= 0.6 is 0 Å². The Balaban J connectivity index is 5.81. The van der Waals surface area contributed by atoms with Gasteiger partial charge in [0.2, 0.25) is 0 Å². The lowest BCUT2D eigenvalue weighted by Crippen LogP contribution is -2.65. The fraction of sp³-hybridized carbons (Fsp3) is 0.929. The number of hydrogen-bond acceptors (Lipinski definition) is 6. The number of halogens is 9. The zero-order chi connectivity index (χ0) is 27.6. The summed E-state index contributed by atoms with van der Waals surface area (Å²) >= 11 is 0. The van der Waals surface area contributed by atoms with Gasteiger partial charge in [0, 0.05) is 25.1 Å². The Morgan fingerprint density at radius 1 is 0.882 bits per heavy atom. The molecular weight excluding hydrogens is 543 g/mol. The van der Waals surface area contributed by atoms with E-state index in [0.717, 1.165) is 0 Å². The minimum absolute atomic E-state index is 0.0564. The molecule has 0 rings (SSSR count). The number of carbonyl (C=O) groups is 1. The van der Waals surface area contributed by atoms with Gasteiger partial charge in [0.25, 0.3) is 10.0 Å². The first kappa shape index (κ1) is 32.6. The van der Waals surface area contributed by atoms with Gasteiger partial charge in [-0.05, 0) is 0 Å². The van der Waals surface area contributed by atoms with E-state index < -0.39 is 79.0 Å². The van der Waals surface area contributed by atoms with E-state index in [9.17, 15) is 65.7 Å². The summed E-state index contributed by atoms with van der Waals surface area (Å²) in [5.41, 5.74) is 0. The fourth-order valence-corrected chi connectivity index (χ4v) is 4.49. The third-order valence-electron chi connectivity index (χ3n) is 4.42. The molecule has 9 nitrogen and oxygen atoms in total. The van der Waals surface area contributed by atoms with Crippen LogP contribution in [0.25, 0.3) is 0 Å². The molecule has 0 spiro atoms. The molecule has 0 saturated carbocycles. The molecule has 0 aromatic carbocycles. The zero-order valence-corrected chi connectivity index (χ0v) is 19.1. The molecule has 0 bridgehead atoms. The highest BCUT2D eigenvalue weighted by molar-refractivity contribution is 7.90. The Bertz CT molecular complexity index is 936. The van der Waals surface area contributed by atoms with E-state index in [-0.39, 0.29) is 24.0 Å². The maximum absolute atomic E-state index is 14.0. The molecule has 0 aliphatic rings. The lowest BCUT2D eigenvalue weighted by Gasteiger charge is -2.35. The summed E-state index contributed by atoms with van der Waals surface area (Å²) in [4.78, 5) is 10.8. The van der Waals surface area contributed by atoms with E-state index in [0.29, 0.717) is 0 Å². The predicted molar refractivity (Wildman–Crippen MR) is 94.7 cm³/mol. The molecule has 0 aliphatic carbocycles. The summed E-state index contributed by atoms with van der Waals surface area (Å²) in [5.74, 6) is -18.0. The highest BCUT2D eigenvalue weighted by Crippen LogP contribution is 2.55. The number of aliphatic carboxylic acids is 1. The molecule has 0 radical (unpaired) electrons. The SMILES string of the molecule is C[N+](C)(CCCN(CC(=O)O)S(=O)(=O)C(F)(F)C(F)(F)C(F)(F)C(F)(F)F)CCCS(=O)(=O)[O-]. The van der Waals surface area contributed by atoms with Gasteiger partial charge in [0.1, 0.15) is 6.54 Å². The summed E-state index contributed by atoms with van der Waals surface area (Å²) in [6.07, 6.45) is -8.07. The third kappa shape index (κ3) is 7.56. The second-order valence-corrected chi connectivity index (χ2v) is 11.3. The first-order valence-corrected chi connectivity index (χ1v) is 11.9. The van der Waals surface area contributed by atoms with Gasteiger partial charge in [-0.1, -0.05) is 0 Å². The van der Waals surface area contributed by atoms with Crippen molar-refractivity contribution in [3.05, 3.63) is 0 Å². The van der Waals surface area contributed by atoms with Crippen molar-refractivity contribution in [1.29, 1.82) is 0 Å². The van der Waals surface area contributed by atoms with Crippen LogP contribution in [-0.2, 0) is 24.9 Å². The lowest BCUT2D eigenvalue weighted by molar-refractivity contribution is -0.890. The van der Waals surface area contributed by atoms with E-state index in [4.69, 9.17) is 5.11 Å². The molecule has 0 saturated heterocycles. The number of carboxylic acid groups (broad SMARTS) is 1. The lowest BCUT2D eigenvalue weighted by atomic mass is 10.1. The summed E-state index contributed by atoms with van der Waals surface area (Å²) < 4.78 is 173. The molecule has 0 aromatic rings. The number of alkyl halides is 9. The van der Waals surface area contributed by atoms with Crippen molar-refractivity contribution in [3.63, 3.8) is 0 Å². The first-order chi connectivity index (χ1) is 14.7. The van der Waals surface area contributed by atoms with Crippen molar-refractivity contribution in [2.45, 2.75) is 36.1 Å². The van der Waals surface area contributed by atoms with Crippen LogP contribution in [0.15, 0.2) is 0 Å². The van der Waals surface area contributed by atoms with Gasteiger partial charge in [-0.3, -0.25) is 4.79 Å². The van der Waals surface area contributed by atoms with Crippen molar-refractivity contribution in [1.82, 2.24) is 4.31 Å². The Morgan fingerprint density at radius 2 is 1.32 bits per heavy atom. The number of nitrogens with zero attached hydrogens (tertiary/aromatic N) is 2. The summed E-state index contributed by atoms with van der Waals surface area (Å²) in [6, 6.07) is 0. The molecule has 0 fully saturated rings. The van der Waals surface area contributed by atoms with Crippen LogP contribution in [0.3, 0.4) is 0 Å². The highest BCUT2D eigenvalue weighted by atomic mass is 32.2. The number of sulfonamides is 1. The average Bonchev–Trinajstić information content (AvgIpc) is 2.57. The van der Waals surface area contributed by atoms with Crippen LogP contribution in [0, 0.1) is 0 Å². The van der Waals surface area contributed by atoms with Gasteiger partial charge in [0.05, 0.1) is 37.3 Å². The molecule has 34 heavy (non-hydrogen) atoms. The largest absolute Gasteiger partial charge is 0.748 e. The highest BCUT2D eigenvalue weighted by Gasteiger charge is 2.85. The van der Waals surface area contributed by atoms with Crippen LogP contribution in [0.5, 0.6) is 0 Å². The molecule has 0 aromatic heterocycles. The van der Waals surface area contributed by atoms with E-state index in [1.165, 1.54) is 14.1 Å². The van der Waals surface area contributed by atoms with Gasteiger partial charge in [0.15, 0.2) is 0 Å². The smallest absolute Gasteiger partial charge is 0.460 e. The van der Waals surface area contributed by atoms with E-state index >= 15 is 0 Å². The van der Waals surface area contributed by atoms with Gasteiger partial charge >= 0.3 is 29.2 Å². The Kier molecular flexibility index (Phi) is 9.89. The molecule has 0 unspecified atom stereocenters. The van der Waals surface area contributed by atoms with Crippen molar-refractivity contribution >= 4 is 26.1 Å². The molecular formula is C14H21F9N2O7S2. The van der Waals surface area contributed by atoms with Gasteiger partial charge in [-0.15, -0.1) is 0 Å². The standard InChI is InChI=1S/C14H21F9N2O7S2/c1-25(2,7-4-8-33(28,29)30)6-3-5-24(9-10(26)27)34(31,32)14(22,23)12(17,18)11(15,16)13(19,20)21/h3-9H2,1-2H3,(H-,26,27,28,29,30). The normalized spacial score (nSPS) is 15.1. The van der Waals surface area contributed by atoms with Gasteiger partial charge in [-0.25, -0.2) is 16.8 Å². The molecule has 0 amide bonds. The van der Waals surface area contributed by atoms with Crippen molar-refractivity contribution in [2.75, 3.05) is 46.0 Å². The zero-order valence-electron chi connectivity index (χ0n) is 17.5. The topological polar surface area (TPSA) is 132 Å². The van der Waals surface area contributed by atoms with Crippen LogP contribution in [-0.4, -0.2) is 111 Å². The molecule has 0 aliphatic heterocycles. The summed E-state index contributed by atoms with van der Waals surface area (Å²) in [5, 5.41) is 1.63. The second-order valence-electron chi connectivity index (χ2n) is 7.75. The van der Waals surface area contributed by atoms with Crippen LogP contribution in [0.1, 0.15) is 12.8 Å². The summed E-state index contributed by atoms with van der Waals surface area (Å²) in [7, 11) is -8.91. The molecule has 204 valence electrons. The minimum atomic E-state index is -7.51. The first-order valence-electron chi connectivity index (χ1n) is 8.90. The number of hydrogen-bond donors (Lipinski definition) is 1. The quantitative estimate of drug-likeness (QED) is 0.192. The van der Waals surface area contributed by atoms with Gasteiger partial charge in [-0.2, -0.15) is 43.8 Å². The van der Waals surface area contributed by atoms with E-state index in [2.05, 4.69) is 0 Å².